The Hall–Kier alpha value is -1.68. The summed E-state index contributed by atoms with van der Waals surface area (Å²) < 4.78 is 1.88. The van der Waals surface area contributed by atoms with Crippen LogP contribution in [0.4, 0.5) is 0 Å². The summed E-state index contributed by atoms with van der Waals surface area (Å²) in [6.07, 6.45) is 1.99. The SMILES string of the molecule is CNCc1cc(C(C)C)nc(-n2ccc(C(C)C)n2)c1. The Bertz CT molecular complexity index is 570. The van der Waals surface area contributed by atoms with E-state index in [0.29, 0.717) is 11.8 Å². The number of rotatable bonds is 5. The molecule has 1 N–H and O–H groups in total. The summed E-state index contributed by atoms with van der Waals surface area (Å²) in [6, 6.07) is 6.32. The van der Waals surface area contributed by atoms with E-state index in [9.17, 15) is 0 Å². The number of nitrogens with one attached hydrogen (secondary N) is 1. The molecule has 0 saturated carbocycles. The van der Waals surface area contributed by atoms with Crippen molar-refractivity contribution in [3.05, 3.63) is 41.3 Å². The molecule has 20 heavy (non-hydrogen) atoms. The van der Waals surface area contributed by atoms with Crippen molar-refractivity contribution in [2.24, 2.45) is 0 Å². The molecule has 0 atom stereocenters. The van der Waals surface area contributed by atoms with Crippen LogP contribution in [0, 0.1) is 0 Å². The highest BCUT2D eigenvalue weighted by Gasteiger charge is 2.10. The van der Waals surface area contributed by atoms with Gasteiger partial charge in [-0.3, -0.25) is 0 Å². The van der Waals surface area contributed by atoms with Crippen LogP contribution in [0.25, 0.3) is 5.82 Å². The Labute approximate surface area is 121 Å². The predicted molar refractivity (Wildman–Crippen MR) is 82.3 cm³/mol. The monoisotopic (exact) mass is 272 g/mol. The minimum absolute atomic E-state index is 0.408. The largest absolute Gasteiger partial charge is 0.316 e. The maximum absolute atomic E-state index is 4.73. The van der Waals surface area contributed by atoms with Gasteiger partial charge in [-0.1, -0.05) is 27.7 Å². The Morgan fingerprint density at radius 1 is 1.10 bits per heavy atom. The first-order valence-corrected chi connectivity index (χ1v) is 7.22. The first kappa shape index (κ1) is 14.7. The quantitative estimate of drug-likeness (QED) is 0.908. The molecule has 4 heteroatoms. The first-order valence-electron chi connectivity index (χ1n) is 7.22. The molecule has 2 aromatic heterocycles. The Morgan fingerprint density at radius 2 is 1.80 bits per heavy atom. The van der Waals surface area contributed by atoms with Gasteiger partial charge >= 0.3 is 0 Å². The fraction of sp³-hybridized carbons (Fsp3) is 0.500. The van der Waals surface area contributed by atoms with Crippen molar-refractivity contribution in [3.8, 4) is 5.82 Å². The van der Waals surface area contributed by atoms with Gasteiger partial charge in [-0.15, -0.1) is 0 Å². The fourth-order valence-electron chi connectivity index (χ4n) is 2.09. The van der Waals surface area contributed by atoms with Gasteiger partial charge in [0.15, 0.2) is 5.82 Å². The molecule has 0 aliphatic carbocycles. The van der Waals surface area contributed by atoms with Gasteiger partial charge in [-0.25, -0.2) is 9.67 Å². The average Bonchev–Trinajstić information content (AvgIpc) is 2.88. The number of hydrogen-bond donors (Lipinski definition) is 1. The van der Waals surface area contributed by atoms with E-state index in [2.05, 4.69) is 56.3 Å². The smallest absolute Gasteiger partial charge is 0.153 e. The summed E-state index contributed by atoms with van der Waals surface area (Å²) >= 11 is 0. The molecule has 0 aliphatic heterocycles. The number of hydrogen-bond acceptors (Lipinski definition) is 3. The van der Waals surface area contributed by atoms with Crippen LogP contribution in [0.15, 0.2) is 24.4 Å². The fourth-order valence-corrected chi connectivity index (χ4v) is 2.09. The third-order valence-electron chi connectivity index (χ3n) is 3.30. The molecule has 0 amide bonds. The summed E-state index contributed by atoms with van der Waals surface area (Å²) in [6.45, 7) is 9.47. The van der Waals surface area contributed by atoms with E-state index in [-0.39, 0.29) is 0 Å². The van der Waals surface area contributed by atoms with Crippen molar-refractivity contribution in [3.63, 3.8) is 0 Å². The van der Waals surface area contributed by atoms with Crippen molar-refractivity contribution in [2.75, 3.05) is 7.05 Å². The Kier molecular flexibility index (Phi) is 4.55. The molecule has 4 nitrogen and oxygen atoms in total. The number of nitrogens with zero attached hydrogens (tertiary/aromatic N) is 3. The second-order valence-electron chi connectivity index (χ2n) is 5.78. The molecule has 0 aliphatic rings. The van der Waals surface area contributed by atoms with Crippen molar-refractivity contribution < 1.29 is 0 Å². The van der Waals surface area contributed by atoms with Crippen molar-refractivity contribution in [1.82, 2.24) is 20.1 Å². The van der Waals surface area contributed by atoms with Crippen LogP contribution < -0.4 is 5.32 Å². The second kappa shape index (κ2) is 6.18. The van der Waals surface area contributed by atoms with Gasteiger partial charge in [-0.2, -0.15) is 5.10 Å². The van der Waals surface area contributed by atoms with E-state index in [0.717, 1.165) is 23.8 Å². The molecular weight excluding hydrogens is 248 g/mol. The molecule has 0 spiro atoms. The van der Waals surface area contributed by atoms with Gasteiger partial charge < -0.3 is 5.32 Å². The van der Waals surface area contributed by atoms with Crippen LogP contribution in [0.5, 0.6) is 0 Å². The number of aromatic nitrogens is 3. The van der Waals surface area contributed by atoms with E-state index in [1.54, 1.807) is 0 Å². The summed E-state index contributed by atoms with van der Waals surface area (Å²) in [5.41, 5.74) is 3.44. The number of pyridine rings is 1. The second-order valence-corrected chi connectivity index (χ2v) is 5.78. The highest BCUT2D eigenvalue weighted by Crippen LogP contribution is 2.18. The third-order valence-corrected chi connectivity index (χ3v) is 3.30. The Morgan fingerprint density at radius 3 is 2.35 bits per heavy atom. The average molecular weight is 272 g/mol. The lowest BCUT2D eigenvalue weighted by Gasteiger charge is -2.11. The first-order chi connectivity index (χ1) is 9.51. The maximum Gasteiger partial charge on any atom is 0.153 e. The maximum atomic E-state index is 4.73. The summed E-state index contributed by atoms with van der Waals surface area (Å²) in [5.74, 6) is 1.74. The normalized spacial score (nSPS) is 11.6. The van der Waals surface area contributed by atoms with Crippen LogP contribution in [0.1, 0.15) is 56.5 Å². The van der Waals surface area contributed by atoms with Crippen LogP contribution >= 0.6 is 0 Å². The zero-order chi connectivity index (χ0) is 14.7. The third kappa shape index (κ3) is 3.25. The van der Waals surface area contributed by atoms with Crippen LogP contribution in [-0.2, 0) is 6.54 Å². The van der Waals surface area contributed by atoms with Crippen molar-refractivity contribution in [2.45, 2.75) is 46.1 Å². The van der Waals surface area contributed by atoms with Gasteiger partial charge in [0.2, 0.25) is 0 Å². The molecule has 0 bridgehead atoms. The molecule has 0 unspecified atom stereocenters. The topological polar surface area (TPSA) is 42.7 Å². The van der Waals surface area contributed by atoms with Crippen LogP contribution in [0.3, 0.4) is 0 Å². The van der Waals surface area contributed by atoms with Crippen LogP contribution in [0.2, 0.25) is 0 Å². The van der Waals surface area contributed by atoms with E-state index in [1.807, 2.05) is 17.9 Å². The zero-order valence-corrected chi connectivity index (χ0v) is 13.0. The summed E-state index contributed by atoms with van der Waals surface area (Å²) in [7, 11) is 1.96. The standard InChI is InChI=1S/C16H24N4/c1-11(2)14-6-7-20(19-14)16-9-13(10-17-5)8-15(18-16)12(3)4/h6-9,11-12,17H,10H2,1-5H3. The molecule has 0 radical (unpaired) electrons. The zero-order valence-electron chi connectivity index (χ0n) is 13.0. The van der Waals surface area contributed by atoms with Gasteiger partial charge in [-0.05, 0) is 42.6 Å². The molecule has 108 valence electrons. The van der Waals surface area contributed by atoms with E-state index >= 15 is 0 Å². The van der Waals surface area contributed by atoms with Gasteiger partial charge in [0.25, 0.3) is 0 Å². The summed E-state index contributed by atoms with van der Waals surface area (Å²) in [5, 5.41) is 7.81. The van der Waals surface area contributed by atoms with Crippen molar-refractivity contribution >= 4 is 0 Å². The van der Waals surface area contributed by atoms with Crippen molar-refractivity contribution in [1.29, 1.82) is 0 Å². The van der Waals surface area contributed by atoms with Gasteiger partial charge in [0, 0.05) is 18.4 Å². The molecule has 0 fully saturated rings. The van der Waals surface area contributed by atoms with E-state index in [4.69, 9.17) is 4.98 Å². The molecule has 2 aromatic rings. The summed E-state index contributed by atoms with van der Waals surface area (Å²) in [4.78, 5) is 4.73. The lowest BCUT2D eigenvalue weighted by atomic mass is 10.1. The lowest BCUT2D eigenvalue weighted by molar-refractivity contribution is 0.735. The van der Waals surface area contributed by atoms with Gasteiger partial charge in [0.05, 0.1) is 5.69 Å². The molecule has 2 heterocycles. The lowest BCUT2D eigenvalue weighted by Crippen LogP contribution is -2.09. The van der Waals surface area contributed by atoms with Gasteiger partial charge in [0.1, 0.15) is 0 Å². The molecular formula is C16H24N4. The minimum atomic E-state index is 0.408. The van der Waals surface area contributed by atoms with E-state index < -0.39 is 0 Å². The van der Waals surface area contributed by atoms with E-state index in [1.165, 1.54) is 5.56 Å². The Balaban J connectivity index is 2.42. The highest BCUT2D eigenvalue weighted by molar-refractivity contribution is 5.32. The predicted octanol–water partition coefficient (Wildman–Crippen LogP) is 3.23. The molecule has 0 saturated heterocycles. The minimum Gasteiger partial charge on any atom is -0.316 e. The molecule has 0 aromatic carbocycles. The molecule has 2 rings (SSSR count). The van der Waals surface area contributed by atoms with Crippen LogP contribution in [-0.4, -0.2) is 21.8 Å². The highest BCUT2D eigenvalue weighted by atomic mass is 15.3.